The van der Waals surface area contributed by atoms with Gasteiger partial charge in [0.1, 0.15) is 11.6 Å². The molecule has 0 saturated heterocycles. The number of hydrogen-bond acceptors (Lipinski definition) is 2. The zero-order valence-corrected chi connectivity index (χ0v) is 22.1. The first kappa shape index (κ1) is 29.5. The molecule has 4 aromatic rings. The quantitative estimate of drug-likeness (QED) is 0.128. The van der Waals surface area contributed by atoms with E-state index in [1.54, 1.807) is 25.3 Å². The molecule has 0 aromatic heterocycles. The number of methoxy groups -OCH3 is 1. The van der Waals surface area contributed by atoms with Gasteiger partial charge in [-0.25, -0.2) is 13.2 Å². The van der Waals surface area contributed by atoms with Crippen LogP contribution in [0.25, 0.3) is 10.8 Å². The van der Waals surface area contributed by atoms with Gasteiger partial charge in [0.15, 0.2) is 18.2 Å². The summed E-state index contributed by atoms with van der Waals surface area (Å²) in [4.78, 5) is 0. The first-order chi connectivity index (χ1) is 19.1. The van der Waals surface area contributed by atoms with E-state index in [1.807, 2.05) is 30.3 Å². The fraction of sp³-hybridized carbons (Fsp3) is 0.312. The lowest BCUT2D eigenvalue weighted by molar-refractivity contribution is -0.153. The Labute approximate surface area is 229 Å². The Hall–Kier alpha value is -3.52. The van der Waals surface area contributed by atoms with E-state index in [1.165, 1.54) is 6.07 Å². The van der Waals surface area contributed by atoms with Crippen LogP contribution >= 0.6 is 0 Å². The molecule has 0 aliphatic heterocycles. The molecule has 2 nitrogen and oxygen atoms in total. The maximum absolute atomic E-state index is 15.3. The molecule has 0 unspecified atom stereocenters. The zero-order chi connectivity index (χ0) is 28.7. The molecule has 0 aliphatic carbocycles. The highest BCUT2D eigenvalue weighted by Gasteiger charge is 2.29. The minimum Gasteiger partial charge on any atom is -0.481 e. The number of hydrogen-bond donors (Lipinski definition) is 0. The van der Waals surface area contributed by atoms with Crippen LogP contribution in [0.2, 0.25) is 0 Å². The van der Waals surface area contributed by atoms with E-state index in [0.717, 1.165) is 41.5 Å². The summed E-state index contributed by atoms with van der Waals surface area (Å²) in [6.45, 7) is -0.943. The summed E-state index contributed by atoms with van der Waals surface area (Å²) in [7, 11) is 1.64. The van der Waals surface area contributed by atoms with Crippen molar-refractivity contribution in [3.8, 4) is 5.75 Å². The Morgan fingerprint density at radius 2 is 1.27 bits per heavy atom. The predicted molar refractivity (Wildman–Crippen MR) is 143 cm³/mol. The second kappa shape index (κ2) is 13.2. The summed E-state index contributed by atoms with van der Waals surface area (Å²) in [5.41, 5.74) is 3.50. The highest BCUT2D eigenvalue weighted by atomic mass is 19.4. The number of alkyl halides is 3. The van der Waals surface area contributed by atoms with E-state index >= 15 is 4.39 Å². The number of benzene rings is 4. The van der Waals surface area contributed by atoms with E-state index in [-0.39, 0.29) is 18.1 Å². The SMILES string of the molecule is COCCCc1ccc(CCc2ccc3c(F)c(CCc4ccc(OCC(F)(F)F)c(F)c4)ccc3c2)c(F)c1. The molecule has 4 aromatic carbocycles. The molecule has 212 valence electrons. The van der Waals surface area contributed by atoms with E-state index in [4.69, 9.17) is 4.74 Å². The van der Waals surface area contributed by atoms with Gasteiger partial charge in [-0.2, -0.15) is 13.2 Å². The highest BCUT2D eigenvalue weighted by Crippen LogP contribution is 2.26. The van der Waals surface area contributed by atoms with E-state index in [2.05, 4.69) is 4.74 Å². The highest BCUT2D eigenvalue weighted by molar-refractivity contribution is 5.84. The number of aryl methyl sites for hydroxylation is 5. The third-order valence-corrected chi connectivity index (χ3v) is 6.78. The second-order valence-corrected chi connectivity index (χ2v) is 9.78. The van der Waals surface area contributed by atoms with E-state index in [9.17, 15) is 22.0 Å². The molecule has 0 aliphatic rings. The van der Waals surface area contributed by atoms with Crippen molar-refractivity contribution in [2.75, 3.05) is 20.3 Å². The minimum atomic E-state index is -4.56. The molecular weight excluding hydrogens is 530 g/mol. The molecule has 0 spiro atoms. The van der Waals surface area contributed by atoms with Gasteiger partial charge in [-0.05, 0) is 89.9 Å². The number of rotatable bonds is 12. The molecule has 40 heavy (non-hydrogen) atoms. The molecule has 0 saturated carbocycles. The Morgan fingerprint density at radius 3 is 1.98 bits per heavy atom. The molecule has 0 radical (unpaired) electrons. The van der Waals surface area contributed by atoms with Gasteiger partial charge >= 0.3 is 6.18 Å². The Morgan fingerprint density at radius 1 is 0.650 bits per heavy atom. The van der Waals surface area contributed by atoms with Gasteiger partial charge in [0.2, 0.25) is 0 Å². The number of fused-ring (bicyclic) bond motifs is 1. The maximum Gasteiger partial charge on any atom is 0.422 e. The van der Waals surface area contributed by atoms with Gasteiger partial charge in [0.25, 0.3) is 0 Å². The van der Waals surface area contributed by atoms with Gasteiger partial charge in [0.05, 0.1) is 0 Å². The first-order valence-electron chi connectivity index (χ1n) is 13.1. The molecule has 0 atom stereocenters. The van der Waals surface area contributed by atoms with Crippen molar-refractivity contribution in [1.82, 2.24) is 0 Å². The van der Waals surface area contributed by atoms with Crippen molar-refractivity contribution in [2.24, 2.45) is 0 Å². The standard InChI is InChI=1S/C32H30F6O2/c1-39-16-2-3-21-4-9-24(28(33)18-21)10-5-22-7-14-27-26(17-22)13-12-25(31(27)35)11-6-23-8-15-30(29(34)19-23)40-20-32(36,37)38/h4,7-9,12-15,17-19H,2-3,5-6,10-11,16,20H2,1H3. The van der Waals surface area contributed by atoms with E-state index in [0.29, 0.717) is 47.9 Å². The number of ether oxygens (including phenoxy) is 2. The molecule has 0 amide bonds. The third kappa shape index (κ3) is 8.01. The molecular formula is C32H30F6O2. The summed E-state index contributed by atoms with van der Waals surface area (Å²) >= 11 is 0. The van der Waals surface area contributed by atoms with E-state index < -0.39 is 24.3 Å². The summed E-state index contributed by atoms with van der Waals surface area (Å²) in [5.74, 6) is -1.97. The largest absolute Gasteiger partial charge is 0.481 e. The molecule has 8 heteroatoms. The lowest BCUT2D eigenvalue weighted by Crippen LogP contribution is -2.19. The van der Waals surface area contributed by atoms with Gasteiger partial charge < -0.3 is 9.47 Å². The average molecular weight is 561 g/mol. The monoisotopic (exact) mass is 560 g/mol. The van der Waals surface area contributed by atoms with Crippen LogP contribution in [0.3, 0.4) is 0 Å². The minimum absolute atomic E-state index is 0.227. The maximum atomic E-state index is 15.3. The third-order valence-electron chi connectivity index (χ3n) is 6.78. The van der Waals surface area contributed by atoms with Gasteiger partial charge in [-0.1, -0.05) is 48.5 Å². The van der Waals surface area contributed by atoms with Gasteiger partial charge in [-0.3, -0.25) is 0 Å². The molecule has 0 bridgehead atoms. The van der Waals surface area contributed by atoms with Crippen LogP contribution < -0.4 is 4.74 Å². The van der Waals surface area contributed by atoms with Crippen LogP contribution in [-0.4, -0.2) is 26.5 Å². The Kier molecular flexibility index (Phi) is 9.74. The van der Waals surface area contributed by atoms with Gasteiger partial charge in [0, 0.05) is 19.1 Å². The average Bonchev–Trinajstić information content (AvgIpc) is 2.91. The number of halogens is 6. The van der Waals surface area contributed by atoms with Crippen LogP contribution in [0.15, 0.2) is 66.7 Å². The van der Waals surface area contributed by atoms with Crippen LogP contribution in [0, 0.1) is 17.5 Å². The first-order valence-corrected chi connectivity index (χ1v) is 13.1. The smallest absolute Gasteiger partial charge is 0.422 e. The van der Waals surface area contributed by atoms with Crippen molar-refractivity contribution in [1.29, 1.82) is 0 Å². The zero-order valence-electron chi connectivity index (χ0n) is 22.1. The van der Waals surface area contributed by atoms with Crippen LogP contribution in [-0.2, 0) is 36.8 Å². The Balaban J connectivity index is 1.37. The summed E-state index contributed by atoms with van der Waals surface area (Å²) in [6.07, 6.45) is -1.26. The molecule has 0 fully saturated rings. The topological polar surface area (TPSA) is 18.5 Å². The van der Waals surface area contributed by atoms with Crippen molar-refractivity contribution in [3.05, 3.63) is 112 Å². The van der Waals surface area contributed by atoms with Crippen LogP contribution in [0.4, 0.5) is 26.3 Å². The molecule has 0 heterocycles. The lowest BCUT2D eigenvalue weighted by atomic mass is 9.97. The van der Waals surface area contributed by atoms with Crippen LogP contribution in [0.1, 0.15) is 34.2 Å². The van der Waals surface area contributed by atoms with Crippen molar-refractivity contribution in [3.63, 3.8) is 0 Å². The summed E-state index contributed by atoms with van der Waals surface area (Å²) in [5, 5.41) is 1.18. The van der Waals surface area contributed by atoms with Gasteiger partial charge in [-0.15, -0.1) is 0 Å². The normalized spacial score (nSPS) is 11.8. The molecule has 4 rings (SSSR count). The lowest BCUT2D eigenvalue weighted by Gasteiger charge is -2.11. The van der Waals surface area contributed by atoms with Crippen molar-refractivity contribution < 1.29 is 35.8 Å². The molecule has 0 N–H and O–H groups in total. The predicted octanol–water partition coefficient (Wildman–Crippen LogP) is 8.35. The van der Waals surface area contributed by atoms with Crippen molar-refractivity contribution >= 4 is 10.8 Å². The Bertz CT molecular complexity index is 1450. The second-order valence-electron chi connectivity index (χ2n) is 9.78. The fourth-order valence-corrected chi connectivity index (χ4v) is 4.64. The fourth-order valence-electron chi connectivity index (χ4n) is 4.64. The summed E-state index contributed by atoms with van der Waals surface area (Å²) in [6, 6.07) is 18.0. The summed E-state index contributed by atoms with van der Waals surface area (Å²) < 4.78 is 90.4. The van der Waals surface area contributed by atoms with Crippen molar-refractivity contribution in [2.45, 2.75) is 44.7 Å². The van der Waals surface area contributed by atoms with Crippen LogP contribution in [0.5, 0.6) is 5.75 Å².